The smallest absolute Gasteiger partial charge is 0.237 e. The Labute approximate surface area is 117 Å². The third-order valence-corrected chi connectivity index (χ3v) is 3.83. The van der Waals surface area contributed by atoms with Gasteiger partial charge in [0.2, 0.25) is 5.89 Å². The minimum absolute atomic E-state index is 0.595. The van der Waals surface area contributed by atoms with Crippen molar-refractivity contribution in [1.82, 2.24) is 19.7 Å². The van der Waals surface area contributed by atoms with Crippen LogP contribution in [0.2, 0.25) is 0 Å². The minimum Gasteiger partial charge on any atom is -0.338 e. The second-order valence-electron chi connectivity index (χ2n) is 5.09. The summed E-state index contributed by atoms with van der Waals surface area (Å²) in [5.41, 5.74) is 2.32. The maximum Gasteiger partial charge on any atom is 0.237 e. The van der Waals surface area contributed by atoms with E-state index in [4.69, 9.17) is 4.52 Å². The molecule has 0 radical (unpaired) electrons. The number of imidazole rings is 1. The van der Waals surface area contributed by atoms with Crippen LogP contribution in [0.25, 0.3) is 0 Å². The molecule has 0 saturated heterocycles. The largest absolute Gasteiger partial charge is 0.338 e. The standard InChI is InChI=1S/C13H20N4OS/c1-8(2)6-17-10(4)9(3)14-13(17)19-7-12-15-11(5)16-18-12/h8H,6-7H2,1-5H3. The molecule has 19 heavy (non-hydrogen) atoms. The van der Waals surface area contributed by atoms with Crippen LogP contribution in [0.15, 0.2) is 9.68 Å². The Kier molecular flexibility index (Phi) is 4.29. The lowest BCUT2D eigenvalue weighted by atomic mass is 10.2. The predicted octanol–water partition coefficient (Wildman–Crippen LogP) is 3.14. The Balaban J connectivity index is 2.13. The van der Waals surface area contributed by atoms with Gasteiger partial charge in [0.05, 0.1) is 11.4 Å². The van der Waals surface area contributed by atoms with E-state index in [0.29, 0.717) is 23.4 Å². The SMILES string of the molecule is Cc1noc(CSc2nc(C)c(C)n2CC(C)C)n1. The molecule has 2 rings (SSSR count). The van der Waals surface area contributed by atoms with Crippen molar-refractivity contribution in [3.05, 3.63) is 23.1 Å². The van der Waals surface area contributed by atoms with Crippen LogP contribution in [0.4, 0.5) is 0 Å². The monoisotopic (exact) mass is 280 g/mol. The molecule has 6 heteroatoms. The molecular weight excluding hydrogens is 260 g/mol. The molecule has 5 nitrogen and oxygen atoms in total. The van der Waals surface area contributed by atoms with Crippen LogP contribution in [0.3, 0.4) is 0 Å². The fraction of sp³-hybridized carbons (Fsp3) is 0.615. The Morgan fingerprint density at radius 2 is 1.95 bits per heavy atom. The molecule has 0 unspecified atom stereocenters. The van der Waals surface area contributed by atoms with Gasteiger partial charge in [0.25, 0.3) is 0 Å². The highest BCUT2D eigenvalue weighted by Crippen LogP contribution is 2.25. The zero-order chi connectivity index (χ0) is 14.0. The lowest BCUT2D eigenvalue weighted by molar-refractivity contribution is 0.386. The molecule has 0 aliphatic heterocycles. The van der Waals surface area contributed by atoms with Gasteiger partial charge < -0.3 is 9.09 Å². The molecule has 2 aromatic rings. The number of thioether (sulfide) groups is 1. The van der Waals surface area contributed by atoms with E-state index >= 15 is 0 Å². The van der Waals surface area contributed by atoms with Crippen molar-refractivity contribution in [3.63, 3.8) is 0 Å². The zero-order valence-electron chi connectivity index (χ0n) is 12.1. The van der Waals surface area contributed by atoms with Gasteiger partial charge in [-0.2, -0.15) is 4.98 Å². The highest BCUT2D eigenvalue weighted by atomic mass is 32.2. The Morgan fingerprint density at radius 1 is 1.21 bits per heavy atom. The van der Waals surface area contributed by atoms with E-state index in [9.17, 15) is 0 Å². The summed E-state index contributed by atoms with van der Waals surface area (Å²) in [6.07, 6.45) is 0. The van der Waals surface area contributed by atoms with Gasteiger partial charge in [-0.25, -0.2) is 4.98 Å². The molecule has 0 spiro atoms. The summed E-state index contributed by atoms with van der Waals surface area (Å²) in [5, 5.41) is 4.82. The highest BCUT2D eigenvalue weighted by molar-refractivity contribution is 7.98. The van der Waals surface area contributed by atoms with Crippen molar-refractivity contribution in [2.75, 3.05) is 0 Å². The van der Waals surface area contributed by atoms with Gasteiger partial charge >= 0.3 is 0 Å². The van der Waals surface area contributed by atoms with E-state index in [-0.39, 0.29) is 0 Å². The van der Waals surface area contributed by atoms with Crippen molar-refractivity contribution in [2.45, 2.75) is 52.1 Å². The molecule has 2 aromatic heterocycles. The topological polar surface area (TPSA) is 56.7 Å². The van der Waals surface area contributed by atoms with Crippen molar-refractivity contribution >= 4 is 11.8 Å². The molecule has 0 aliphatic carbocycles. The van der Waals surface area contributed by atoms with Crippen LogP contribution < -0.4 is 0 Å². The predicted molar refractivity (Wildman–Crippen MR) is 75.1 cm³/mol. The van der Waals surface area contributed by atoms with Gasteiger partial charge in [0.1, 0.15) is 0 Å². The second kappa shape index (κ2) is 5.77. The summed E-state index contributed by atoms with van der Waals surface area (Å²) < 4.78 is 7.40. The van der Waals surface area contributed by atoms with E-state index in [0.717, 1.165) is 17.4 Å². The summed E-state index contributed by atoms with van der Waals surface area (Å²) in [6.45, 7) is 11.4. The van der Waals surface area contributed by atoms with E-state index in [1.54, 1.807) is 11.8 Å². The summed E-state index contributed by atoms with van der Waals surface area (Å²) in [5.74, 6) is 2.58. The maximum absolute atomic E-state index is 5.13. The first-order chi connectivity index (χ1) is 8.97. The number of hydrogen-bond acceptors (Lipinski definition) is 5. The first-order valence-corrected chi connectivity index (χ1v) is 7.41. The minimum atomic E-state index is 0.595. The third-order valence-electron chi connectivity index (χ3n) is 2.86. The first-order valence-electron chi connectivity index (χ1n) is 6.43. The van der Waals surface area contributed by atoms with Gasteiger partial charge in [-0.05, 0) is 26.7 Å². The van der Waals surface area contributed by atoms with E-state index in [1.807, 2.05) is 13.8 Å². The third kappa shape index (κ3) is 3.37. The van der Waals surface area contributed by atoms with Crippen LogP contribution in [-0.4, -0.2) is 19.7 Å². The van der Waals surface area contributed by atoms with Crippen LogP contribution in [-0.2, 0) is 12.3 Å². The fourth-order valence-electron chi connectivity index (χ4n) is 1.84. The molecule has 0 N–H and O–H groups in total. The summed E-state index contributed by atoms with van der Waals surface area (Å²) in [4.78, 5) is 8.83. The molecule has 0 fully saturated rings. The molecule has 0 atom stereocenters. The summed E-state index contributed by atoms with van der Waals surface area (Å²) in [7, 11) is 0. The molecule has 0 saturated carbocycles. The van der Waals surface area contributed by atoms with Gasteiger partial charge in [0.15, 0.2) is 11.0 Å². The molecule has 104 valence electrons. The number of hydrogen-bond donors (Lipinski definition) is 0. The average Bonchev–Trinajstić information content (AvgIpc) is 2.85. The molecular formula is C13H20N4OS. The number of aryl methyl sites for hydroxylation is 2. The Hall–Kier alpha value is -1.30. The summed E-state index contributed by atoms with van der Waals surface area (Å²) in [6, 6.07) is 0. The molecule has 0 bridgehead atoms. The van der Waals surface area contributed by atoms with Gasteiger partial charge in [-0.3, -0.25) is 0 Å². The van der Waals surface area contributed by atoms with E-state index in [1.165, 1.54) is 5.69 Å². The Morgan fingerprint density at radius 3 is 2.53 bits per heavy atom. The Bertz CT molecular complexity index is 559. The fourth-order valence-corrected chi connectivity index (χ4v) is 2.78. The average molecular weight is 280 g/mol. The quantitative estimate of drug-likeness (QED) is 0.787. The van der Waals surface area contributed by atoms with Crippen molar-refractivity contribution in [3.8, 4) is 0 Å². The highest BCUT2D eigenvalue weighted by Gasteiger charge is 2.14. The number of rotatable bonds is 5. The molecule has 0 aliphatic rings. The van der Waals surface area contributed by atoms with Gasteiger partial charge in [-0.15, -0.1) is 0 Å². The first kappa shape index (κ1) is 14.1. The lowest BCUT2D eigenvalue weighted by Crippen LogP contribution is -2.07. The van der Waals surface area contributed by atoms with Gasteiger partial charge in [-0.1, -0.05) is 30.8 Å². The van der Waals surface area contributed by atoms with Gasteiger partial charge in [0, 0.05) is 12.2 Å². The van der Waals surface area contributed by atoms with Crippen molar-refractivity contribution in [1.29, 1.82) is 0 Å². The van der Waals surface area contributed by atoms with Crippen molar-refractivity contribution in [2.24, 2.45) is 5.92 Å². The van der Waals surface area contributed by atoms with Crippen molar-refractivity contribution < 1.29 is 4.52 Å². The van der Waals surface area contributed by atoms with Crippen LogP contribution in [0.1, 0.15) is 37.0 Å². The zero-order valence-corrected chi connectivity index (χ0v) is 12.9. The molecule has 2 heterocycles. The summed E-state index contributed by atoms with van der Waals surface area (Å²) >= 11 is 1.65. The molecule has 0 aromatic carbocycles. The van der Waals surface area contributed by atoms with Crippen LogP contribution in [0.5, 0.6) is 0 Å². The second-order valence-corrected chi connectivity index (χ2v) is 6.04. The van der Waals surface area contributed by atoms with E-state index in [2.05, 4.69) is 40.5 Å². The number of aromatic nitrogens is 4. The molecule has 0 amide bonds. The van der Waals surface area contributed by atoms with Crippen LogP contribution in [0, 0.1) is 26.7 Å². The van der Waals surface area contributed by atoms with E-state index < -0.39 is 0 Å². The number of nitrogens with zero attached hydrogens (tertiary/aromatic N) is 4. The normalized spacial score (nSPS) is 11.5. The maximum atomic E-state index is 5.13. The lowest BCUT2D eigenvalue weighted by Gasteiger charge is -2.11. The van der Waals surface area contributed by atoms with Crippen LogP contribution >= 0.6 is 11.8 Å².